The van der Waals surface area contributed by atoms with Gasteiger partial charge < -0.3 is 19.7 Å². The highest BCUT2D eigenvalue weighted by Crippen LogP contribution is 2.30. The van der Waals surface area contributed by atoms with Gasteiger partial charge in [0.05, 0.1) is 14.2 Å². The summed E-state index contributed by atoms with van der Waals surface area (Å²) in [7, 11) is 4.90. The van der Waals surface area contributed by atoms with Crippen molar-refractivity contribution in [2.45, 2.75) is 38.1 Å². The molecule has 1 fully saturated rings. The van der Waals surface area contributed by atoms with E-state index in [1.807, 2.05) is 6.07 Å². The summed E-state index contributed by atoms with van der Waals surface area (Å²) >= 11 is 0. The number of nitrogens with zero attached hydrogens (tertiary/aromatic N) is 2. The van der Waals surface area contributed by atoms with E-state index in [4.69, 9.17) is 9.47 Å². The topological polar surface area (TPSA) is 74.6 Å². The van der Waals surface area contributed by atoms with E-state index in [1.165, 1.54) is 12.6 Å². The van der Waals surface area contributed by atoms with E-state index in [1.54, 1.807) is 44.4 Å². The van der Waals surface area contributed by atoms with Gasteiger partial charge in [0.15, 0.2) is 11.5 Å². The van der Waals surface area contributed by atoms with Gasteiger partial charge in [0.2, 0.25) is 0 Å². The van der Waals surface area contributed by atoms with Crippen molar-refractivity contribution in [2.75, 3.05) is 26.6 Å². The molecule has 0 aliphatic heterocycles. The lowest BCUT2D eigenvalue weighted by Gasteiger charge is -2.31. The number of likely N-dealkylation sites (N-methyl/N-ethyl adjacent to an activating group) is 1. The fourth-order valence-electron chi connectivity index (χ4n) is 3.05. The average Bonchev–Trinajstić information content (AvgIpc) is 2.68. The fourth-order valence-corrected chi connectivity index (χ4v) is 3.05. The van der Waals surface area contributed by atoms with E-state index in [0.717, 1.165) is 25.7 Å². The number of nitriles is 1. The summed E-state index contributed by atoms with van der Waals surface area (Å²) in [5.41, 5.74) is 0.793. The van der Waals surface area contributed by atoms with Crippen molar-refractivity contribution in [1.82, 2.24) is 4.90 Å². The zero-order valence-corrected chi connectivity index (χ0v) is 15.0. The zero-order chi connectivity index (χ0) is 18.2. The molecule has 1 amide bonds. The molecule has 0 unspecified atom stereocenters. The standard InChI is InChI=1S/C19H25N3O3/c1-22(16-7-5-4-6-8-16)19(23)14(12-20)13-21-15-9-10-17(24-2)18(11-15)25-3/h9-11,13,16,21H,4-8H2,1-3H3/b14-13-. The smallest absolute Gasteiger partial charge is 0.266 e. The highest BCUT2D eigenvalue weighted by Gasteiger charge is 2.24. The number of hydrogen-bond acceptors (Lipinski definition) is 5. The maximum absolute atomic E-state index is 12.6. The zero-order valence-electron chi connectivity index (χ0n) is 15.0. The molecule has 1 aliphatic carbocycles. The lowest BCUT2D eigenvalue weighted by molar-refractivity contribution is -0.128. The normalized spacial score (nSPS) is 15.2. The van der Waals surface area contributed by atoms with Gasteiger partial charge in [0.1, 0.15) is 11.6 Å². The summed E-state index contributed by atoms with van der Waals surface area (Å²) in [5, 5.41) is 12.3. The largest absolute Gasteiger partial charge is 0.493 e. The van der Waals surface area contributed by atoms with Crippen molar-refractivity contribution < 1.29 is 14.3 Å². The van der Waals surface area contributed by atoms with Crippen LogP contribution in [-0.4, -0.2) is 38.1 Å². The van der Waals surface area contributed by atoms with Crippen LogP contribution in [0.4, 0.5) is 5.69 Å². The van der Waals surface area contributed by atoms with Crippen molar-refractivity contribution in [3.63, 3.8) is 0 Å². The summed E-state index contributed by atoms with van der Waals surface area (Å²) in [5.74, 6) is 0.943. The van der Waals surface area contributed by atoms with Crippen LogP contribution >= 0.6 is 0 Å². The van der Waals surface area contributed by atoms with Crippen molar-refractivity contribution >= 4 is 11.6 Å². The highest BCUT2D eigenvalue weighted by atomic mass is 16.5. The van der Waals surface area contributed by atoms with E-state index in [-0.39, 0.29) is 17.5 Å². The monoisotopic (exact) mass is 343 g/mol. The number of methoxy groups -OCH3 is 2. The first kappa shape index (κ1) is 18.7. The maximum atomic E-state index is 12.6. The maximum Gasteiger partial charge on any atom is 0.266 e. The molecule has 2 rings (SSSR count). The van der Waals surface area contributed by atoms with Crippen molar-refractivity contribution in [2.24, 2.45) is 0 Å². The van der Waals surface area contributed by atoms with Crippen LogP contribution in [0, 0.1) is 11.3 Å². The van der Waals surface area contributed by atoms with Crippen LogP contribution in [0.1, 0.15) is 32.1 Å². The number of rotatable bonds is 6. The van der Waals surface area contributed by atoms with Crippen LogP contribution in [0.15, 0.2) is 30.0 Å². The minimum Gasteiger partial charge on any atom is -0.493 e. The Morgan fingerprint density at radius 1 is 1.24 bits per heavy atom. The van der Waals surface area contributed by atoms with Gasteiger partial charge >= 0.3 is 0 Å². The predicted molar refractivity (Wildman–Crippen MR) is 96.5 cm³/mol. The van der Waals surface area contributed by atoms with Gasteiger partial charge in [-0.3, -0.25) is 4.79 Å². The molecular formula is C19H25N3O3. The minimum atomic E-state index is -0.248. The third-order valence-electron chi connectivity index (χ3n) is 4.56. The first-order valence-corrected chi connectivity index (χ1v) is 8.46. The van der Waals surface area contributed by atoms with E-state index >= 15 is 0 Å². The van der Waals surface area contributed by atoms with E-state index < -0.39 is 0 Å². The number of carbonyl (C=O) groups is 1. The molecule has 0 atom stereocenters. The van der Waals surface area contributed by atoms with Gasteiger partial charge in [0, 0.05) is 31.0 Å². The second kappa shape index (κ2) is 8.97. The van der Waals surface area contributed by atoms with Gasteiger partial charge in [-0.1, -0.05) is 19.3 Å². The molecule has 0 saturated heterocycles. The Morgan fingerprint density at radius 2 is 1.92 bits per heavy atom. The Kier molecular flexibility index (Phi) is 6.70. The molecule has 134 valence electrons. The highest BCUT2D eigenvalue weighted by molar-refractivity contribution is 5.97. The lowest BCUT2D eigenvalue weighted by Crippen LogP contribution is -2.39. The minimum absolute atomic E-state index is 0.0860. The number of benzene rings is 1. The lowest BCUT2D eigenvalue weighted by atomic mass is 9.94. The number of hydrogen-bond donors (Lipinski definition) is 1. The molecule has 0 radical (unpaired) electrons. The van der Waals surface area contributed by atoms with Crippen molar-refractivity contribution in [3.05, 3.63) is 30.0 Å². The SMILES string of the molecule is COc1ccc(N/C=C(/C#N)C(=O)N(C)C2CCCCC2)cc1OC. The Labute approximate surface area is 149 Å². The van der Waals surface area contributed by atoms with E-state index in [9.17, 15) is 10.1 Å². The Balaban J connectivity index is 2.09. The van der Waals surface area contributed by atoms with Gasteiger partial charge in [-0.2, -0.15) is 5.26 Å². The van der Waals surface area contributed by atoms with Crippen molar-refractivity contribution in [1.29, 1.82) is 5.26 Å². The fraction of sp³-hybridized carbons (Fsp3) is 0.474. The number of ether oxygens (including phenoxy) is 2. The van der Waals surface area contributed by atoms with Crippen LogP contribution in [-0.2, 0) is 4.79 Å². The van der Waals surface area contributed by atoms with Gasteiger partial charge in [-0.25, -0.2) is 0 Å². The number of anilines is 1. The molecular weight excluding hydrogens is 318 g/mol. The van der Waals surface area contributed by atoms with Crippen molar-refractivity contribution in [3.8, 4) is 17.6 Å². The first-order valence-electron chi connectivity index (χ1n) is 8.46. The summed E-state index contributed by atoms with van der Waals surface area (Å²) in [6, 6.07) is 7.52. The van der Waals surface area contributed by atoms with Crippen LogP contribution in [0.25, 0.3) is 0 Å². The second-order valence-corrected chi connectivity index (χ2v) is 6.09. The molecule has 0 bridgehead atoms. The second-order valence-electron chi connectivity index (χ2n) is 6.09. The molecule has 1 aromatic carbocycles. The van der Waals surface area contributed by atoms with Crippen LogP contribution < -0.4 is 14.8 Å². The van der Waals surface area contributed by atoms with Gasteiger partial charge in [-0.15, -0.1) is 0 Å². The molecule has 0 heterocycles. The number of nitrogens with one attached hydrogen (secondary N) is 1. The van der Waals surface area contributed by atoms with E-state index in [2.05, 4.69) is 5.32 Å². The summed E-state index contributed by atoms with van der Waals surface area (Å²) in [4.78, 5) is 14.3. The molecule has 6 nitrogen and oxygen atoms in total. The Bertz CT molecular complexity index is 673. The molecule has 1 aliphatic rings. The predicted octanol–water partition coefficient (Wildman–Crippen LogP) is 3.31. The average molecular weight is 343 g/mol. The van der Waals surface area contributed by atoms with Gasteiger partial charge in [0.25, 0.3) is 5.91 Å². The number of carbonyl (C=O) groups excluding carboxylic acids is 1. The van der Waals surface area contributed by atoms with E-state index in [0.29, 0.717) is 17.2 Å². The first-order chi connectivity index (χ1) is 12.1. The molecule has 1 aromatic rings. The van der Waals surface area contributed by atoms with Crippen LogP contribution in [0.2, 0.25) is 0 Å². The molecule has 0 aromatic heterocycles. The molecule has 6 heteroatoms. The quantitative estimate of drug-likeness (QED) is 0.633. The molecule has 25 heavy (non-hydrogen) atoms. The number of amides is 1. The Hall–Kier alpha value is -2.68. The third-order valence-corrected chi connectivity index (χ3v) is 4.56. The summed E-state index contributed by atoms with van der Waals surface area (Å²) in [6.07, 6.45) is 6.95. The molecule has 0 spiro atoms. The Morgan fingerprint density at radius 3 is 2.52 bits per heavy atom. The molecule has 1 saturated carbocycles. The van der Waals surface area contributed by atoms with Crippen LogP contribution in [0.5, 0.6) is 11.5 Å². The van der Waals surface area contributed by atoms with Gasteiger partial charge in [-0.05, 0) is 25.0 Å². The van der Waals surface area contributed by atoms with Crippen LogP contribution in [0.3, 0.4) is 0 Å². The third kappa shape index (κ3) is 4.66. The summed E-state index contributed by atoms with van der Waals surface area (Å²) in [6.45, 7) is 0. The summed E-state index contributed by atoms with van der Waals surface area (Å²) < 4.78 is 10.4. The molecule has 1 N–H and O–H groups in total.